The Kier molecular flexibility index (Phi) is 3.39. The van der Waals surface area contributed by atoms with E-state index in [0.29, 0.717) is 5.16 Å². The SMILES string of the molecule is CSc1nc(N)n(-c2ccc(Cl)cc2[N+](=O)[O-])n1. The quantitative estimate of drug-likeness (QED) is 0.527. The summed E-state index contributed by atoms with van der Waals surface area (Å²) in [7, 11) is 0. The van der Waals surface area contributed by atoms with E-state index < -0.39 is 4.92 Å². The summed E-state index contributed by atoms with van der Waals surface area (Å²) in [5.74, 6) is 0.0878. The van der Waals surface area contributed by atoms with Crippen LogP contribution in [0, 0.1) is 10.1 Å². The van der Waals surface area contributed by atoms with Gasteiger partial charge in [0.25, 0.3) is 5.69 Å². The van der Waals surface area contributed by atoms with Crippen LogP contribution in [0.25, 0.3) is 5.69 Å². The van der Waals surface area contributed by atoms with Crippen LogP contribution < -0.4 is 5.73 Å². The Morgan fingerprint density at radius 3 is 2.83 bits per heavy atom. The summed E-state index contributed by atoms with van der Waals surface area (Å²) in [5.41, 5.74) is 5.73. The maximum atomic E-state index is 11.0. The van der Waals surface area contributed by atoms with Crippen LogP contribution in [0.3, 0.4) is 0 Å². The molecule has 0 aliphatic rings. The zero-order valence-electron chi connectivity index (χ0n) is 9.20. The normalized spacial score (nSPS) is 10.6. The van der Waals surface area contributed by atoms with Gasteiger partial charge in [-0.05, 0) is 18.4 Å². The minimum Gasteiger partial charge on any atom is -0.368 e. The van der Waals surface area contributed by atoms with Crippen molar-refractivity contribution in [1.29, 1.82) is 0 Å². The molecule has 0 aliphatic heterocycles. The van der Waals surface area contributed by atoms with Gasteiger partial charge in [0.15, 0.2) is 0 Å². The van der Waals surface area contributed by atoms with Crippen LogP contribution in [0.15, 0.2) is 23.4 Å². The maximum Gasteiger partial charge on any atom is 0.296 e. The third-order valence-electron chi connectivity index (χ3n) is 2.16. The highest BCUT2D eigenvalue weighted by Gasteiger charge is 2.19. The van der Waals surface area contributed by atoms with Gasteiger partial charge in [0, 0.05) is 11.1 Å². The van der Waals surface area contributed by atoms with Crippen molar-refractivity contribution in [3.63, 3.8) is 0 Å². The molecule has 1 aromatic heterocycles. The fraction of sp³-hybridized carbons (Fsp3) is 0.111. The first-order valence-electron chi connectivity index (χ1n) is 4.73. The van der Waals surface area contributed by atoms with Crippen LogP contribution in [0.1, 0.15) is 0 Å². The lowest BCUT2D eigenvalue weighted by molar-refractivity contribution is -0.384. The van der Waals surface area contributed by atoms with E-state index in [1.165, 1.54) is 34.6 Å². The molecule has 0 bridgehead atoms. The number of hydrogen-bond donors (Lipinski definition) is 1. The molecule has 2 N–H and O–H groups in total. The highest BCUT2D eigenvalue weighted by molar-refractivity contribution is 7.98. The van der Waals surface area contributed by atoms with Gasteiger partial charge in [-0.2, -0.15) is 9.67 Å². The van der Waals surface area contributed by atoms with E-state index in [1.54, 1.807) is 6.26 Å². The second-order valence-electron chi connectivity index (χ2n) is 3.26. The van der Waals surface area contributed by atoms with E-state index in [2.05, 4.69) is 10.1 Å². The van der Waals surface area contributed by atoms with Crippen molar-refractivity contribution in [3.05, 3.63) is 33.3 Å². The molecule has 0 saturated heterocycles. The lowest BCUT2D eigenvalue weighted by Gasteiger charge is -2.03. The predicted octanol–water partition coefficient (Wildman–Crippen LogP) is 2.13. The first-order chi connectivity index (χ1) is 8.52. The van der Waals surface area contributed by atoms with E-state index in [-0.39, 0.29) is 22.3 Å². The molecule has 0 aliphatic carbocycles. The Balaban J connectivity index is 2.62. The molecule has 0 saturated carbocycles. The second kappa shape index (κ2) is 4.83. The fourth-order valence-corrected chi connectivity index (χ4v) is 1.90. The lowest BCUT2D eigenvalue weighted by atomic mass is 10.3. The molecule has 0 unspecified atom stereocenters. The number of nitrogen functional groups attached to an aromatic ring is 1. The van der Waals surface area contributed by atoms with Crippen molar-refractivity contribution in [2.45, 2.75) is 5.16 Å². The number of anilines is 1. The molecule has 2 rings (SSSR count). The van der Waals surface area contributed by atoms with Gasteiger partial charge in [0.05, 0.1) is 4.92 Å². The summed E-state index contributed by atoms with van der Waals surface area (Å²) < 4.78 is 1.22. The number of benzene rings is 1. The zero-order valence-corrected chi connectivity index (χ0v) is 10.8. The van der Waals surface area contributed by atoms with E-state index in [0.717, 1.165) is 0 Å². The monoisotopic (exact) mass is 285 g/mol. The molecule has 7 nitrogen and oxygen atoms in total. The molecule has 0 spiro atoms. The summed E-state index contributed by atoms with van der Waals surface area (Å²) in [5, 5.41) is 15.8. The Labute approximate surface area is 111 Å². The topological polar surface area (TPSA) is 99.9 Å². The molecule has 0 amide bonds. The molecule has 0 radical (unpaired) electrons. The summed E-state index contributed by atoms with van der Waals surface area (Å²) in [6, 6.07) is 4.26. The highest BCUT2D eigenvalue weighted by atomic mass is 35.5. The fourth-order valence-electron chi connectivity index (χ4n) is 1.39. The van der Waals surface area contributed by atoms with Crippen LogP contribution in [-0.2, 0) is 0 Å². The van der Waals surface area contributed by atoms with Crippen LogP contribution in [0.4, 0.5) is 11.6 Å². The van der Waals surface area contributed by atoms with Crippen LogP contribution in [0.2, 0.25) is 5.02 Å². The minimum atomic E-state index is -0.541. The molecule has 2 aromatic rings. The summed E-state index contributed by atoms with van der Waals surface area (Å²) in [6.45, 7) is 0. The maximum absolute atomic E-state index is 11.0. The van der Waals surface area contributed by atoms with Crippen molar-refractivity contribution in [1.82, 2.24) is 14.8 Å². The molecule has 18 heavy (non-hydrogen) atoms. The van der Waals surface area contributed by atoms with Crippen molar-refractivity contribution in [2.75, 3.05) is 12.0 Å². The number of nitro groups is 1. The molecule has 94 valence electrons. The number of halogens is 1. The van der Waals surface area contributed by atoms with Crippen LogP contribution >= 0.6 is 23.4 Å². The van der Waals surface area contributed by atoms with Gasteiger partial charge in [-0.25, -0.2) is 0 Å². The number of thioether (sulfide) groups is 1. The van der Waals surface area contributed by atoms with Crippen molar-refractivity contribution in [3.8, 4) is 5.69 Å². The number of nitrogens with two attached hydrogens (primary N) is 1. The summed E-state index contributed by atoms with van der Waals surface area (Å²) >= 11 is 7.03. The summed E-state index contributed by atoms with van der Waals surface area (Å²) in [6.07, 6.45) is 1.79. The first-order valence-corrected chi connectivity index (χ1v) is 6.34. The van der Waals surface area contributed by atoms with E-state index >= 15 is 0 Å². The molecule has 9 heteroatoms. The Morgan fingerprint density at radius 1 is 1.56 bits per heavy atom. The summed E-state index contributed by atoms with van der Waals surface area (Å²) in [4.78, 5) is 14.4. The molecular weight excluding hydrogens is 278 g/mol. The van der Waals surface area contributed by atoms with Crippen molar-refractivity contribution in [2.24, 2.45) is 0 Å². The molecular formula is C9H8ClN5O2S. The molecule has 1 aromatic carbocycles. The van der Waals surface area contributed by atoms with Gasteiger partial charge in [-0.3, -0.25) is 10.1 Å². The van der Waals surface area contributed by atoms with Gasteiger partial charge in [0.2, 0.25) is 11.1 Å². The lowest BCUT2D eigenvalue weighted by Crippen LogP contribution is -2.05. The number of nitrogens with zero attached hydrogens (tertiary/aromatic N) is 4. The zero-order chi connectivity index (χ0) is 13.3. The van der Waals surface area contributed by atoms with Gasteiger partial charge in [-0.15, -0.1) is 5.10 Å². The van der Waals surface area contributed by atoms with E-state index in [9.17, 15) is 10.1 Å². The van der Waals surface area contributed by atoms with Gasteiger partial charge < -0.3 is 5.73 Å². The largest absolute Gasteiger partial charge is 0.368 e. The minimum absolute atomic E-state index is 0.0878. The Hall–Kier alpha value is -1.80. The third-order valence-corrected chi connectivity index (χ3v) is 2.93. The average Bonchev–Trinajstić information content (AvgIpc) is 2.70. The van der Waals surface area contributed by atoms with Gasteiger partial charge in [0.1, 0.15) is 5.69 Å². The van der Waals surface area contributed by atoms with Crippen LogP contribution in [-0.4, -0.2) is 25.9 Å². The number of aromatic nitrogens is 3. The Bertz CT molecular complexity index is 615. The van der Waals surface area contributed by atoms with Crippen LogP contribution in [0.5, 0.6) is 0 Å². The molecule has 0 atom stereocenters. The van der Waals surface area contributed by atoms with Gasteiger partial charge in [-0.1, -0.05) is 23.4 Å². The van der Waals surface area contributed by atoms with Gasteiger partial charge >= 0.3 is 0 Å². The highest BCUT2D eigenvalue weighted by Crippen LogP contribution is 2.28. The first kappa shape index (κ1) is 12.7. The molecule has 0 fully saturated rings. The predicted molar refractivity (Wildman–Crippen MR) is 69.2 cm³/mol. The molecule has 1 heterocycles. The third kappa shape index (κ3) is 2.24. The van der Waals surface area contributed by atoms with E-state index in [1.807, 2.05) is 0 Å². The number of nitro benzene ring substituents is 1. The smallest absolute Gasteiger partial charge is 0.296 e. The van der Waals surface area contributed by atoms with E-state index in [4.69, 9.17) is 17.3 Å². The average molecular weight is 286 g/mol. The van der Waals surface area contributed by atoms with Crippen molar-refractivity contribution >= 4 is 35.0 Å². The second-order valence-corrected chi connectivity index (χ2v) is 4.47. The number of rotatable bonds is 3. The Morgan fingerprint density at radius 2 is 2.28 bits per heavy atom. The number of hydrogen-bond acceptors (Lipinski definition) is 6. The van der Waals surface area contributed by atoms with Crippen molar-refractivity contribution < 1.29 is 4.92 Å². The standard InChI is InChI=1S/C9H8ClN5O2S/c1-18-9-12-8(11)14(13-9)6-3-2-5(10)4-7(6)15(16)17/h2-4H,1H3,(H2,11,12,13).